The van der Waals surface area contributed by atoms with Gasteiger partial charge in [-0.3, -0.25) is 38.4 Å². The highest BCUT2D eigenvalue weighted by Gasteiger charge is 2.33. The summed E-state index contributed by atoms with van der Waals surface area (Å²) in [4.78, 5) is 21.0. The van der Waals surface area contributed by atoms with Gasteiger partial charge in [0, 0.05) is 96.6 Å². The highest BCUT2D eigenvalue weighted by Crippen LogP contribution is 2.30. The number of likely N-dealkylation sites (N-methyl/N-ethyl adjacent to an activating group) is 3. The normalized spacial score (nSPS) is 15.2. The highest BCUT2D eigenvalue weighted by molar-refractivity contribution is 7.87. The van der Waals surface area contributed by atoms with E-state index in [1.165, 1.54) is 77.7 Å². The number of aliphatic hydroxyl groups excluding tert-OH is 15. The number of nitrogens with two attached hydrogens (primary N) is 1. The molecule has 0 amide bonds. The SMILES string of the molecule is CN(C[C@H](O)[C@@H](O)[C@H](O)[C@H](O)CO)c1ccc(N)cc1.CN(C[C@H](O)[C@@H](O)[C@H](O)[C@H](O)CO)c1ccc([N+](=O)[O-])cc1.CNC[C@H](O)[C@@H](O)[C@H](O)[C@H](O)CO.O=S(=O)(O)c1cccc2c(S(=O)(=O)O)cccc12.O=S(=O)(O)c1cccc2c(S(=O)(=O)O)cccc12.O=[N+]([O-])c1ccc(F)cc1. The molecule has 0 aromatic heterocycles. The number of hydrogen-bond donors (Lipinski definition) is 21. The number of nitrogens with one attached hydrogen (secondary N) is 1. The van der Waals surface area contributed by atoms with Gasteiger partial charge < -0.3 is 97.4 Å². The Bertz CT molecular complexity index is 3930. The molecule has 0 saturated heterocycles. The summed E-state index contributed by atoms with van der Waals surface area (Å²) in [6.07, 6.45) is -17.9. The van der Waals surface area contributed by atoms with Gasteiger partial charge in [0.15, 0.2) is 0 Å². The number of fused-ring (bicyclic) bond motifs is 2. The van der Waals surface area contributed by atoms with Crippen molar-refractivity contribution in [2.24, 2.45) is 0 Å². The van der Waals surface area contributed by atoms with E-state index in [1.54, 1.807) is 50.3 Å². The number of non-ortho nitro benzene ring substituents is 2. The van der Waals surface area contributed by atoms with Gasteiger partial charge in [-0.1, -0.05) is 48.5 Å². The van der Waals surface area contributed by atoms with E-state index in [1.807, 2.05) is 0 Å². The molecule has 42 heteroatoms. The number of halogens is 1. The second kappa shape index (κ2) is 40.7. The van der Waals surface area contributed by atoms with Crippen molar-refractivity contribution in [1.82, 2.24) is 5.32 Å². The molecule has 7 rings (SSSR count). The summed E-state index contributed by atoms with van der Waals surface area (Å²) in [6.45, 7) is -2.06. The van der Waals surface area contributed by atoms with Gasteiger partial charge in [0.2, 0.25) is 0 Å². The lowest BCUT2D eigenvalue weighted by atomic mass is 10.0. The Labute approximate surface area is 576 Å². The summed E-state index contributed by atoms with van der Waals surface area (Å²) in [6, 6.07) is 31.9. The summed E-state index contributed by atoms with van der Waals surface area (Å²) in [7, 11) is -13.0. The van der Waals surface area contributed by atoms with Gasteiger partial charge in [-0.15, -0.1) is 0 Å². The van der Waals surface area contributed by atoms with Gasteiger partial charge in [0.25, 0.3) is 51.8 Å². The fourth-order valence-corrected chi connectivity index (χ4v) is 11.4. The van der Waals surface area contributed by atoms with E-state index in [9.17, 15) is 104 Å². The molecule has 0 aliphatic heterocycles. The van der Waals surface area contributed by atoms with E-state index >= 15 is 0 Å². The molecule has 0 aliphatic carbocycles. The zero-order valence-corrected chi connectivity index (χ0v) is 56.6. The number of nitrogen functional groups attached to an aromatic ring is 1. The van der Waals surface area contributed by atoms with Crippen molar-refractivity contribution < 1.29 is 143 Å². The third-order valence-corrected chi connectivity index (χ3v) is 17.6. The number of rotatable bonds is 26. The summed E-state index contributed by atoms with van der Waals surface area (Å²) < 4.78 is 138. The molecule has 7 aromatic rings. The molecule has 0 aliphatic rings. The van der Waals surface area contributed by atoms with Crippen LogP contribution in [0.3, 0.4) is 0 Å². The van der Waals surface area contributed by atoms with Gasteiger partial charge >= 0.3 is 0 Å². The second-order valence-electron chi connectivity index (χ2n) is 21.4. The molecular formula is C59H79FN6O31S4. The smallest absolute Gasteiger partial charge is 0.295 e. The number of hydrogen-bond acceptors (Lipinski definition) is 31. The predicted molar refractivity (Wildman–Crippen MR) is 358 cm³/mol. The molecule has 7 aromatic carbocycles. The van der Waals surface area contributed by atoms with Crippen molar-refractivity contribution in [1.29, 1.82) is 0 Å². The molecular weight excluding hydrogens is 1440 g/mol. The third kappa shape index (κ3) is 28.2. The number of nitro benzene ring substituents is 2. The van der Waals surface area contributed by atoms with Crippen LogP contribution in [0.4, 0.5) is 32.8 Å². The number of benzene rings is 7. The summed E-state index contributed by atoms with van der Waals surface area (Å²) in [5.41, 5.74) is 7.37. The van der Waals surface area contributed by atoms with Crippen LogP contribution in [-0.4, -0.2) is 272 Å². The van der Waals surface area contributed by atoms with Gasteiger partial charge in [0.05, 0.1) is 48.0 Å². The summed E-state index contributed by atoms with van der Waals surface area (Å²) >= 11 is 0. The molecule has 0 bridgehead atoms. The minimum Gasteiger partial charge on any atom is -0.399 e. The number of nitro groups is 2. The van der Waals surface area contributed by atoms with Crippen molar-refractivity contribution in [2.45, 2.75) is 92.8 Å². The molecule has 0 radical (unpaired) electrons. The van der Waals surface area contributed by atoms with Crippen LogP contribution in [0.5, 0.6) is 0 Å². The monoisotopic (exact) mass is 1510 g/mol. The van der Waals surface area contributed by atoms with Crippen LogP contribution in [0.15, 0.2) is 165 Å². The highest BCUT2D eigenvalue weighted by atomic mass is 32.2. The predicted octanol–water partition coefficient (Wildman–Crippen LogP) is -2.35. The molecule has 101 heavy (non-hydrogen) atoms. The first-order chi connectivity index (χ1) is 46.8. The van der Waals surface area contributed by atoms with E-state index < -0.39 is 169 Å². The molecule has 12 atom stereocenters. The molecule has 0 spiro atoms. The van der Waals surface area contributed by atoms with Crippen LogP contribution in [0.25, 0.3) is 21.5 Å². The van der Waals surface area contributed by atoms with Gasteiger partial charge in [-0.2, -0.15) is 33.7 Å². The van der Waals surface area contributed by atoms with Crippen LogP contribution in [0.2, 0.25) is 0 Å². The van der Waals surface area contributed by atoms with E-state index in [0.717, 1.165) is 54.2 Å². The van der Waals surface area contributed by atoms with Crippen LogP contribution >= 0.6 is 0 Å². The zero-order valence-electron chi connectivity index (χ0n) is 53.3. The Hall–Kier alpha value is -7.81. The van der Waals surface area contributed by atoms with Crippen LogP contribution in [0, 0.1) is 26.0 Å². The maximum absolute atomic E-state index is 12.1. The molecule has 0 fully saturated rings. The van der Waals surface area contributed by atoms with Crippen molar-refractivity contribution >= 4 is 90.5 Å². The van der Waals surface area contributed by atoms with E-state index in [0.29, 0.717) is 11.4 Å². The molecule has 562 valence electrons. The largest absolute Gasteiger partial charge is 0.399 e. The van der Waals surface area contributed by atoms with Gasteiger partial charge in [-0.05, 0) is 79.8 Å². The third-order valence-electron chi connectivity index (χ3n) is 14.0. The molecule has 0 unspecified atom stereocenters. The van der Waals surface area contributed by atoms with Crippen molar-refractivity contribution in [2.75, 3.05) is 76.1 Å². The molecule has 0 heterocycles. The maximum Gasteiger partial charge on any atom is 0.295 e. The number of anilines is 3. The maximum atomic E-state index is 12.1. The Balaban J connectivity index is 0.000000418. The minimum absolute atomic E-state index is 0.0233. The first kappa shape index (κ1) is 89.3. The number of aliphatic hydroxyl groups is 15. The zero-order chi connectivity index (χ0) is 77.2. The average molecular weight is 1520 g/mol. The van der Waals surface area contributed by atoms with Crippen molar-refractivity contribution in [3.8, 4) is 0 Å². The fraction of sp³-hybridized carbons (Fsp3) is 0.356. The topological polar surface area (TPSA) is 652 Å². The van der Waals surface area contributed by atoms with Crippen LogP contribution < -0.4 is 20.9 Å². The Morgan fingerprint density at radius 2 is 0.644 bits per heavy atom. The van der Waals surface area contributed by atoms with Gasteiger partial charge in [0.1, 0.15) is 80.3 Å². The van der Waals surface area contributed by atoms with Crippen molar-refractivity contribution in [3.05, 3.63) is 172 Å². The Morgan fingerprint density at radius 3 is 0.881 bits per heavy atom. The average Bonchev–Trinajstić information content (AvgIpc) is 0.778. The minimum atomic E-state index is -4.47. The van der Waals surface area contributed by atoms with Crippen molar-refractivity contribution in [3.63, 3.8) is 0 Å². The molecule has 22 N–H and O–H groups in total. The van der Waals surface area contributed by atoms with Crippen LogP contribution in [0.1, 0.15) is 0 Å². The Morgan fingerprint density at radius 1 is 0.406 bits per heavy atom. The van der Waals surface area contributed by atoms with Gasteiger partial charge in [-0.25, -0.2) is 4.39 Å². The van der Waals surface area contributed by atoms with E-state index in [2.05, 4.69) is 5.32 Å². The quantitative estimate of drug-likeness (QED) is 0.0117. The van der Waals surface area contributed by atoms with E-state index in [4.69, 9.17) is 54.6 Å². The summed E-state index contributed by atoms with van der Waals surface area (Å²) in [5.74, 6) is -0.467. The second-order valence-corrected chi connectivity index (χ2v) is 27.0. The standard InChI is InChI=1S/C13H20N2O7.C13H22N2O5.2C10H8O6S2.C7H17NO5.C6H4FNO2/c1-14(8-2-4-9(5-3-8)15(21)22)6-10(17)12(19)13(20)11(18)7-16;1-15(9-4-2-8(14)3-5-9)6-10(17)12(19)13(20)11(18)7-16;2*11-17(12,13)9-5-1-3-7-8(9)4-2-6-10(7)18(14,15)16;1-8-2-4(10)6(12)7(13)5(11)3-9;7-5-1-3-6(4-2-5)8(9)10/h2-5,10-13,16-20H,6-7H2,1H3;2-5,10-13,16-20H,6-7,14H2,1H3;2*1-6H,(H,11,12,13)(H,14,15,16);4-13H,2-3H2,1H3;1-4H/t2*10-,11+,12+,13+;;;4-,5+,6+,7+;/m00..0./s1. The first-order valence-corrected chi connectivity index (χ1v) is 34.6. The van der Waals surface area contributed by atoms with Crippen LogP contribution in [-0.2, 0) is 40.5 Å². The fourth-order valence-electron chi connectivity index (χ4n) is 8.53. The lowest BCUT2D eigenvalue weighted by Crippen LogP contribution is -2.49. The Kier molecular flexibility index (Phi) is 36.0. The summed E-state index contributed by atoms with van der Waals surface area (Å²) in [5, 5.41) is 162. The lowest BCUT2D eigenvalue weighted by molar-refractivity contribution is -0.385. The lowest BCUT2D eigenvalue weighted by Gasteiger charge is -2.29. The molecule has 0 saturated carbocycles. The van der Waals surface area contributed by atoms with E-state index in [-0.39, 0.29) is 52.6 Å². The number of nitrogens with zero attached hydrogens (tertiary/aromatic N) is 4. The molecule has 37 nitrogen and oxygen atoms in total. The first-order valence-electron chi connectivity index (χ1n) is 28.8.